The number of aliphatic hydroxyl groups excluding tert-OH is 1. The zero-order valence-corrected chi connectivity index (χ0v) is 18.5. The molecule has 0 saturated heterocycles. The third-order valence-corrected chi connectivity index (χ3v) is 5.44. The number of fused-ring (bicyclic) bond motifs is 1. The molecule has 1 aliphatic heterocycles. The van der Waals surface area contributed by atoms with Crippen molar-refractivity contribution in [1.82, 2.24) is 9.78 Å². The molecule has 0 aliphatic carbocycles. The van der Waals surface area contributed by atoms with Crippen molar-refractivity contribution in [1.29, 1.82) is 0 Å². The molecule has 180 valence electrons. The fourth-order valence-corrected chi connectivity index (χ4v) is 3.71. The van der Waals surface area contributed by atoms with Crippen molar-refractivity contribution in [3.63, 3.8) is 0 Å². The zero-order chi connectivity index (χ0) is 25.2. The van der Waals surface area contributed by atoms with E-state index in [1.807, 2.05) is 0 Å². The number of rotatable bonds is 5. The number of aliphatic hydroxyl groups is 1. The topological polar surface area (TPSA) is 96.3 Å². The Kier molecular flexibility index (Phi) is 6.57. The summed E-state index contributed by atoms with van der Waals surface area (Å²) in [5, 5.41) is 19.3. The lowest BCUT2D eigenvalue weighted by molar-refractivity contribution is -0.137. The summed E-state index contributed by atoms with van der Waals surface area (Å²) < 4.78 is 40.4. The van der Waals surface area contributed by atoms with Crippen LogP contribution >= 0.6 is 0 Å². The van der Waals surface area contributed by atoms with Crippen molar-refractivity contribution in [2.24, 2.45) is 7.05 Å². The standard InChI is InChI=1S/C25H21F3N4O3/c1-32-14-16(13-29-32)18(15-8-10-17(11-9-15)25(26,27)28)4-2-7-23(34)30-20-5-3-6-21-19(20)12-22(33)24(35)31-21/h2-11,13-14,22,33H,12H2,1H3,(H,30,34)(H,31,35)/b7-2+,18-4-. The second-order valence-electron chi connectivity index (χ2n) is 7.95. The van der Waals surface area contributed by atoms with Gasteiger partial charge < -0.3 is 15.7 Å². The minimum absolute atomic E-state index is 0.0698. The molecular weight excluding hydrogens is 461 g/mol. The molecule has 1 aliphatic rings. The number of carbonyl (C=O) groups is 2. The normalized spacial score (nSPS) is 16.2. The minimum atomic E-state index is -4.44. The third-order valence-electron chi connectivity index (χ3n) is 5.44. The fourth-order valence-electron chi connectivity index (χ4n) is 3.71. The number of benzene rings is 2. The zero-order valence-electron chi connectivity index (χ0n) is 18.5. The molecule has 2 aromatic carbocycles. The quantitative estimate of drug-likeness (QED) is 0.379. The number of anilines is 2. The van der Waals surface area contributed by atoms with Crippen molar-refractivity contribution in [3.05, 3.63) is 95.3 Å². The van der Waals surface area contributed by atoms with E-state index >= 15 is 0 Å². The maximum absolute atomic E-state index is 12.9. The molecular formula is C25H21F3N4O3. The van der Waals surface area contributed by atoms with Crippen LogP contribution in [0.3, 0.4) is 0 Å². The van der Waals surface area contributed by atoms with E-state index in [0.29, 0.717) is 33.6 Å². The molecule has 2 heterocycles. The number of nitrogens with zero attached hydrogens (tertiary/aromatic N) is 2. The van der Waals surface area contributed by atoms with Crippen LogP contribution in [0.25, 0.3) is 5.57 Å². The molecule has 2 amide bonds. The maximum atomic E-state index is 12.9. The van der Waals surface area contributed by atoms with Gasteiger partial charge in [-0.3, -0.25) is 14.3 Å². The van der Waals surface area contributed by atoms with Crippen molar-refractivity contribution < 1.29 is 27.9 Å². The smallest absolute Gasteiger partial charge is 0.383 e. The van der Waals surface area contributed by atoms with Crippen molar-refractivity contribution in [2.45, 2.75) is 18.7 Å². The summed E-state index contributed by atoms with van der Waals surface area (Å²) in [6, 6.07) is 9.74. The van der Waals surface area contributed by atoms with Crippen LogP contribution in [-0.4, -0.2) is 32.8 Å². The van der Waals surface area contributed by atoms with E-state index in [0.717, 1.165) is 12.1 Å². The van der Waals surface area contributed by atoms with Crippen molar-refractivity contribution >= 4 is 28.8 Å². The predicted octanol–water partition coefficient (Wildman–Crippen LogP) is 3.92. The van der Waals surface area contributed by atoms with Crippen LogP contribution in [-0.2, 0) is 29.2 Å². The van der Waals surface area contributed by atoms with E-state index in [-0.39, 0.29) is 6.42 Å². The summed E-state index contributed by atoms with van der Waals surface area (Å²) in [6.45, 7) is 0. The monoisotopic (exact) mass is 482 g/mol. The summed E-state index contributed by atoms with van der Waals surface area (Å²) in [4.78, 5) is 24.2. The fraction of sp³-hybridized carbons (Fsp3) is 0.160. The highest BCUT2D eigenvalue weighted by Gasteiger charge is 2.30. The van der Waals surface area contributed by atoms with E-state index in [4.69, 9.17) is 0 Å². The molecule has 7 nitrogen and oxygen atoms in total. The molecule has 1 unspecified atom stereocenters. The highest BCUT2D eigenvalue weighted by Crippen LogP contribution is 2.32. The molecule has 0 fully saturated rings. The van der Waals surface area contributed by atoms with Gasteiger partial charge in [-0.25, -0.2) is 0 Å². The number of aromatic nitrogens is 2. The molecule has 0 bridgehead atoms. The number of allylic oxidation sites excluding steroid dienone is 2. The maximum Gasteiger partial charge on any atom is 0.416 e. The van der Waals surface area contributed by atoms with Gasteiger partial charge in [-0.2, -0.15) is 18.3 Å². The van der Waals surface area contributed by atoms with E-state index < -0.39 is 29.7 Å². The molecule has 0 radical (unpaired) electrons. The van der Waals surface area contributed by atoms with E-state index in [2.05, 4.69) is 15.7 Å². The number of hydrogen-bond acceptors (Lipinski definition) is 4. The van der Waals surface area contributed by atoms with Crippen molar-refractivity contribution in [2.75, 3.05) is 10.6 Å². The first-order valence-electron chi connectivity index (χ1n) is 10.6. The number of hydrogen-bond donors (Lipinski definition) is 3. The largest absolute Gasteiger partial charge is 0.416 e. The first-order chi connectivity index (χ1) is 16.6. The third kappa shape index (κ3) is 5.49. The van der Waals surface area contributed by atoms with Crippen LogP contribution in [0.5, 0.6) is 0 Å². The summed E-state index contributed by atoms with van der Waals surface area (Å²) in [7, 11) is 1.72. The first kappa shape index (κ1) is 24.0. The SMILES string of the molecule is Cn1cc(/C(=C\C=C\C(=O)Nc2cccc3c2CC(O)C(=O)N3)c2ccc(C(F)(F)F)cc2)cn1. The number of amides is 2. The molecule has 4 rings (SSSR count). The molecule has 10 heteroatoms. The lowest BCUT2D eigenvalue weighted by Crippen LogP contribution is -2.34. The van der Waals surface area contributed by atoms with Gasteiger partial charge in [0.2, 0.25) is 5.91 Å². The lowest BCUT2D eigenvalue weighted by Gasteiger charge is -2.23. The van der Waals surface area contributed by atoms with Crippen LogP contribution in [0.2, 0.25) is 0 Å². The highest BCUT2D eigenvalue weighted by molar-refractivity contribution is 6.03. The van der Waals surface area contributed by atoms with Gasteiger partial charge in [-0.05, 0) is 35.4 Å². The Morgan fingerprint density at radius 1 is 1.20 bits per heavy atom. The van der Waals surface area contributed by atoms with Crippen LogP contribution < -0.4 is 10.6 Å². The molecule has 1 atom stereocenters. The average molecular weight is 482 g/mol. The Morgan fingerprint density at radius 3 is 2.60 bits per heavy atom. The van der Waals surface area contributed by atoms with Gasteiger partial charge in [0.05, 0.1) is 11.8 Å². The molecule has 1 aromatic heterocycles. The number of alkyl halides is 3. The van der Waals surface area contributed by atoms with E-state index in [9.17, 15) is 27.9 Å². The second-order valence-corrected chi connectivity index (χ2v) is 7.95. The van der Waals surface area contributed by atoms with E-state index in [1.165, 1.54) is 24.3 Å². The Labute approximate surface area is 198 Å². The Bertz CT molecular complexity index is 1320. The molecule has 3 N–H and O–H groups in total. The van der Waals surface area contributed by atoms with Gasteiger partial charge in [0.15, 0.2) is 0 Å². The Balaban J connectivity index is 1.56. The molecule has 0 spiro atoms. The summed E-state index contributed by atoms with van der Waals surface area (Å²) in [5.41, 5.74) is 2.60. The highest BCUT2D eigenvalue weighted by atomic mass is 19.4. The average Bonchev–Trinajstić information content (AvgIpc) is 3.23. The van der Waals surface area contributed by atoms with Gasteiger partial charge in [0.1, 0.15) is 6.10 Å². The van der Waals surface area contributed by atoms with Gasteiger partial charge in [0.25, 0.3) is 5.91 Å². The lowest BCUT2D eigenvalue weighted by atomic mass is 9.98. The van der Waals surface area contributed by atoms with Crippen molar-refractivity contribution in [3.8, 4) is 0 Å². The summed E-state index contributed by atoms with van der Waals surface area (Å²) in [6.07, 6.45) is 2.10. The predicted molar refractivity (Wildman–Crippen MR) is 124 cm³/mol. The van der Waals surface area contributed by atoms with Gasteiger partial charge in [-0.1, -0.05) is 30.4 Å². The summed E-state index contributed by atoms with van der Waals surface area (Å²) in [5.74, 6) is -0.962. The van der Waals surface area contributed by atoms with Crippen LogP contribution in [0.15, 0.2) is 73.1 Å². The van der Waals surface area contributed by atoms with Gasteiger partial charge in [-0.15, -0.1) is 0 Å². The number of carbonyl (C=O) groups excluding carboxylic acids is 2. The number of halogens is 3. The Morgan fingerprint density at radius 2 is 1.94 bits per heavy atom. The number of nitrogens with one attached hydrogen (secondary N) is 2. The molecule has 3 aromatic rings. The second kappa shape index (κ2) is 9.59. The summed E-state index contributed by atoms with van der Waals surface area (Å²) >= 11 is 0. The minimum Gasteiger partial charge on any atom is -0.383 e. The van der Waals surface area contributed by atoms with E-state index in [1.54, 1.807) is 48.4 Å². The van der Waals surface area contributed by atoms with Gasteiger partial charge in [0, 0.05) is 48.2 Å². The molecule has 35 heavy (non-hydrogen) atoms. The Hall–Kier alpha value is -4.18. The number of aryl methyl sites for hydroxylation is 1. The van der Waals surface area contributed by atoms with Crippen LogP contribution in [0, 0.1) is 0 Å². The molecule has 0 saturated carbocycles. The van der Waals surface area contributed by atoms with Crippen LogP contribution in [0.4, 0.5) is 24.5 Å². The van der Waals surface area contributed by atoms with Crippen LogP contribution in [0.1, 0.15) is 22.3 Å². The first-order valence-corrected chi connectivity index (χ1v) is 10.6. The van der Waals surface area contributed by atoms with Gasteiger partial charge >= 0.3 is 6.18 Å².